The first-order valence-electron chi connectivity index (χ1n) is 11.0. The van der Waals surface area contributed by atoms with E-state index < -0.39 is 0 Å². The van der Waals surface area contributed by atoms with Gasteiger partial charge in [0.1, 0.15) is 0 Å². The van der Waals surface area contributed by atoms with Crippen molar-refractivity contribution < 1.29 is 14.3 Å². The number of nitrogens with zero attached hydrogens (tertiary/aromatic N) is 5. The van der Waals surface area contributed by atoms with E-state index in [9.17, 15) is 9.59 Å². The lowest BCUT2D eigenvalue weighted by atomic mass is 10.1. The smallest absolute Gasteiger partial charge is 0.236 e. The summed E-state index contributed by atoms with van der Waals surface area (Å²) in [5.41, 5.74) is 3.90. The zero-order valence-electron chi connectivity index (χ0n) is 18.4. The van der Waals surface area contributed by atoms with Gasteiger partial charge in [0.2, 0.25) is 11.8 Å². The van der Waals surface area contributed by atoms with Crippen LogP contribution < -0.4 is 0 Å². The highest BCUT2D eigenvalue weighted by atomic mass is 16.5. The van der Waals surface area contributed by atoms with Crippen LogP contribution in [0.3, 0.4) is 0 Å². The van der Waals surface area contributed by atoms with Crippen molar-refractivity contribution in [3.63, 3.8) is 0 Å². The number of ether oxygens (including phenoxy) is 1. The Bertz CT molecular complexity index is 913. The van der Waals surface area contributed by atoms with E-state index in [0.717, 1.165) is 35.7 Å². The number of para-hydroxylation sites is 1. The molecule has 31 heavy (non-hydrogen) atoms. The molecule has 0 N–H and O–H groups in total. The van der Waals surface area contributed by atoms with E-state index in [1.165, 1.54) is 0 Å². The zero-order valence-corrected chi connectivity index (χ0v) is 18.4. The van der Waals surface area contributed by atoms with Gasteiger partial charge in [-0.05, 0) is 26.0 Å². The van der Waals surface area contributed by atoms with Crippen molar-refractivity contribution in [2.45, 2.75) is 20.3 Å². The topological polar surface area (TPSA) is 70.9 Å². The third kappa shape index (κ3) is 4.97. The van der Waals surface area contributed by atoms with Gasteiger partial charge in [-0.1, -0.05) is 18.2 Å². The third-order valence-electron chi connectivity index (χ3n) is 6.22. The number of rotatable bonds is 5. The molecule has 1 aromatic carbocycles. The molecule has 0 spiro atoms. The number of aryl methyl sites for hydroxylation is 1. The Morgan fingerprint density at radius 2 is 1.55 bits per heavy atom. The van der Waals surface area contributed by atoms with Crippen molar-refractivity contribution in [1.29, 1.82) is 0 Å². The lowest BCUT2D eigenvalue weighted by molar-refractivity contribution is -0.137. The zero-order chi connectivity index (χ0) is 21.8. The minimum absolute atomic E-state index is 0.123. The molecule has 0 bridgehead atoms. The Morgan fingerprint density at radius 1 is 0.903 bits per heavy atom. The highest BCUT2D eigenvalue weighted by Gasteiger charge is 2.26. The van der Waals surface area contributed by atoms with Gasteiger partial charge < -0.3 is 14.5 Å². The molecule has 2 fully saturated rings. The molecule has 0 atom stereocenters. The predicted molar refractivity (Wildman–Crippen MR) is 117 cm³/mol. The monoisotopic (exact) mass is 425 g/mol. The quantitative estimate of drug-likeness (QED) is 0.716. The standard InChI is InChI=1S/C23H31N5O3/c1-18-21(19(2)28(24-18)20-6-4-3-5-7-20)16-22(29)26-10-8-25(9-11-26)17-23(30)27-12-14-31-15-13-27/h3-7H,8-17H2,1-2H3. The number of carbonyl (C=O) groups is 2. The minimum atomic E-state index is 0.123. The molecule has 2 aromatic rings. The van der Waals surface area contributed by atoms with Gasteiger partial charge >= 0.3 is 0 Å². The third-order valence-corrected chi connectivity index (χ3v) is 6.22. The first-order chi connectivity index (χ1) is 15.0. The van der Waals surface area contributed by atoms with Crippen molar-refractivity contribution >= 4 is 11.8 Å². The van der Waals surface area contributed by atoms with Crippen LogP contribution in [0, 0.1) is 13.8 Å². The summed E-state index contributed by atoms with van der Waals surface area (Å²) >= 11 is 0. The fourth-order valence-corrected chi connectivity index (χ4v) is 4.27. The van der Waals surface area contributed by atoms with E-state index in [2.05, 4.69) is 10.00 Å². The summed E-state index contributed by atoms with van der Waals surface area (Å²) in [6.45, 7) is 9.74. The molecule has 8 nitrogen and oxygen atoms in total. The van der Waals surface area contributed by atoms with Crippen LogP contribution in [0.4, 0.5) is 0 Å². The van der Waals surface area contributed by atoms with E-state index in [1.54, 1.807) is 0 Å². The summed E-state index contributed by atoms with van der Waals surface area (Å²) < 4.78 is 7.22. The van der Waals surface area contributed by atoms with Gasteiger partial charge in [0, 0.05) is 50.5 Å². The van der Waals surface area contributed by atoms with Gasteiger partial charge in [-0.25, -0.2) is 4.68 Å². The second-order valence-corrected chi connectivity index (χ2v) is 8.22. The van der Waals surface area contributed by atoms with E-state index in [4.69, 9.17) is 4.74 Å². The van der Waals surface area contributed by atoms with E-state index in [0.29, 0.717) is 52.4 Å². The molecule has 2 saturated heterocycles. The summed E-state index contributed by atoms with van der Waals surface area (Å²) in [6, 6.07) is 9.98. The molecule has 0 aliphatic carbocycles. The van der Waals surface area contributed by atoms with Crippen LogP contribution in [-0.4, -0.2) is 95.3 Å². The van der Waals surface area contributed by atoms with Crippen LogP contribution >= 0.6 is 0 Å². The van der Waals surface area contributed by atoms with Crippen LogP contribution in [0.1, 0.15) is 17.0 Å². The normalized spacial score (nSPS) is 17.7. The summed E-state index contributed by atoms with van der Waals surface area (Å²) in [5.74, 6) is 0.278. The van der Waals surface area contributed by atoms with Gasteiger partial charge in [-0.2, -0.15) is 5.10 Å². The van der Waals surface area contributed by atoms with Crippen molar-refractivity contribution in [2.75, 3.05) is 59.0 Å². The maximum absolute atomic E-state index is 13.0. The fourth-order valence-electron chi connectivity index (χ4n) is 4.27. The lowest BCUT2D eigenvalue weighted by Crippen LogP contribution is -2.52. The first-order valence-corrected chi connectivity index (χ1v) is 11.0. The van der Waals surface area contributed by atoms with E-state index >= 15 is 0 Å². The van der Waals surface area contributed by atoms with Crippen molar-refractivity contribution in [2.24, 2.45) is 0 Å². The Kier molecular flexibility index (Phi) is 6.67. The van der Waals surface area contributed by atoms with Crippen molar-refractivity contribution in [1.82, 2.24) is 24.5 Å². The van der Waals surface area contributed by atoms with Crippen LogP contribution in [0.2, 0.25) is 0 Å². The van der Waals surface area contributed by atoms with Crippen LogP contribution in [0.15, 0.2) is 30.3 Å². The molecule has 8 heteroatoms. The predicted octanol–water partition coefficient (Wildman–Crippen LogP) is 1.03. The van der Waals surface area contributed by atoms with Crippen LogP contribution in [0.5, 0.6) is 0 Å². The molecule has 2 aliphatic heterocycles. The largest absolute Gasteiger partial charge is 0.378 e. The Labute approximate surface area is 183 Å². The highest BCUT2D eigenvalue weighted by Crippen LogP contribution is 2.19. The molecule has 0 unspecified atom stereocenters. The number of amides is 2. The summed E-state index contributed by atoms with van der Waals surface area (Å²) in [7, 11) is 0. The molecule has 2 amide bonds. The number of aromatic nitrogens is 2. The molecule has 1 aromatic heterocycles. The molecular formula is C23H31N5O3. The lowest BCUT2D eigenvalue weighted by Gasteiger charge is -2.36. The summed E-state index contributed by atoms with van der Waals surface area (Å²) in [4.78, 5) is 31.4. The maximum Gasteiger partial charge on any atom is 0.236 e. The number of carbonyl (C=O) groups excluding carboxylic acids is 2. The molecule has 0 saturated carbocycles. The maximum atomic E-state index is 13.0. The molecule has 4 rings (SSSR count). The molecule has 3 heterocycles. The van der Waals surface area contributed by atoms with Crippen molar-refractivity contribution in [3.8, 4) is 5.69 Å². The molecular weight excluding hydrogens is 394 g/mol. The molecule has 0 radical (unpaired) electrons. The SMILES string of the molecule is Cc1nn(-c2ccccc2)c(C)c1CC(=O)N1CCN(CC(=O)N2CCOCC2)CC1. The Balaban J connectivity index is 1.31. The van der Waals surface area contributed by atoms with Gasteiger partial charge in [0.15, 0.2) is 0 Å². The molecule has 2 aliphatic rings. The summed E-state index contributed by atoms with van der Waals surface area (Å²) in [6.07, 6.45) is 0.358. The Hall–Kier alpha value is -2.71. The van der Waals surface area contributed by atoms with E-state index in [-0.39, 0.29) is 11.8 Å². The average molecular weight is 426 g/mol. The van der Waals surface area contributed by atoms with Gasteiger partial charge in [0.05, 0.1) is 37.6 Å². The van der Waals surface area contributed by atoms with Gasteiger partial charge in [-0.3, -0.25) is 14.5 Å². The van der Waals surface area contributed by atoms with Gasteiger partial charge in [-0.15, -0.1) is 0 Å². The van der Waals surface area contributed by atoms with Crippen LogP contribution in [0.25, 0.3) is 5.69 Å². The van der Waals surface area contributed by atoms with Crippen molar-refractivity contribution in [3.05, 3.63) is 47.3 Å². The first kappa shape index (κ1) is 21.5. The second-order valence-electron chi connectivity index (χ2n) is 8.22. The van der Waals surface area contributed by atoms with Crippen LogP contribution in [-0.2, 0) is 20.7 Å². The highest BCUT2D eigenvalue weighted by molar-refractivity contribution is 5.80. The number of hydrogen-bond donors (Lipinski definition) is 0. The summed E-state index contributed by atoms with van der Waals surface area (Å²) in [5, 5.41) is 4.65. The average Bonchev–Trinajstić information content (AvgIpc) is 3.09. The number of morpholine rings is 1. The number of hydrogen-bond acceptors (Lipinski definition) is 5. The number of piperazine rings is 1. The number of benzene rings is 1. The Morgan fingerprint density at radius 3 is 2.23 bits per heavy atom. The fraction of sp³-hybridized carbons (Fsp3) is 0.522. The van der Waals surface area contributed by atoms with E-state index in [1.807, 2.05) is 58.7 Å². The minimum Gasteiger partial charge on any atom is -0.378 e. The molecule has 166 valence electrons. The second kappa shape index (κ2) is 9.62. The van der Waals surface area contributed by atoms with Gasteiger partial charge in [0.25, 0.3) is 0 Å².